The summed E-state index contributed by atoms with van der Waals surface area (Å²) < 4.78 is 11.0. The molecule has 0 aliphatic heterocycles. The third-order valence-corrected chi connectivity index (χ3v) is 2.52. The molecule has 0 aliphatic rings. The van der Waals surface area contributed by atoms with E-state index < -0.39 is 0 Å². The van der Waals surface area contributed by atoms with Gasteiger partial charge < -0.3 is 14.5 Å². The van der Waals surface area contributed by atoms with Gasteiger partial charge in [-0.2, -0.15) is 0 Å². The lowest BCUT2D eigenvalue weighted by Crippen LogP contribution is -2.09. The summed E-state index contributed by atoms with van der Waals surface area (Å²) in [7, 11) is 0. The Hall–Kier alpha value is -2.30. The second-order valence-corrected chi connectivity index (χ2v) is 3.79. The van der Waals surface area contributed by atoms with Crippen LogP contribution in [0.4, 0.5) is 0 Å². The largest absolute Gasteiger partial charge is 0.490 e. The number of rotatable bonds is 5. The Morgan fingerprint density at radius 1 is 1.16 bits per heavy atom. The van der Waals surface area contributed by atoms with Gasteiger partial charge in [0.1, 0.15) is 5.69 Å². The molecule has 0 spiro atoms. The van der Waals surface area contributed by atoms with E-state index in [1.807, 2.05) is 13.8 Å². The van der Waals surface area contributed by atoms with Crippen LogP contribution in [0.1, 0.15) is 13.8 Å². The van der Waals surface area contributed by atoms with E-state index in [9.17, 15) is 4.79 Å². The van der Waals surface area contributed by atoms with Gasteiger partial charge in [-0.25, -0.2) is 4.98 Å². The first-order chi connectivity index (χ1) is 9.26. The van der Waals surface area contributed by atoms with Gasteiger partial charge in [-0.05, 0) is 32.0 Å². The van der Waals surface area contributed by atoms with E-state index in [2.05, 4.69) is 9.97 Å². The van der Waals surface area contributed by atoms with Gasteiger partial charge in [0.25, 0.3) is 5.56 Å². The first-order valence-electron chi connectivity index (χ1n) is 6.20. The van der Waals surface area contributed by atoms with E-state index in [4.69, 9.17) is 9.47 Å². The maximum atomic E-state index is 11.7. The molecular formula is C14H16N2O3. The van der Waals surface area contributed by atoms with Crippen molar-refractivity contribution in [3.05, 3.63) is 40.9 Å². The molecule has 0 saturated heterocycles. The van der Waals surface area contributed by atoms with Gasteiger partial charge in [0.2, 0.25) is 0 Å². The zero-order valence-electron chi connectivity index (χ0n) is 11.0. The van der Waals surface area contributed by atoms with Gasteiger partial charge in [-0.3, -0.25) is 4.79 Å². The SMILES string of the molecule is CCOc1ccc(-c2ncc[nH]c2=O)cc1OCC. The van der Waals surface area contributed by atoms with Crippen molar-refractivity contribution in [2.45, 2.75) is 13.8 Å². The fourth-order valence-electron chi connectivity index (χ4n) is 1.76. The number of hydrogen-bond acceptors (Lipinski definition) is 4. The molecule has 1 N–H and O–H groups in total. The smallest absolute Gasteiger partial charge is 0.274 e. The number of aromatic nitrogens is 2. The summed E-state index contributed by atoms with van der Waals surface area (Å²) in [5, 5.41) is 0. The van der Waals surface area contributed by atoms with E-state index in [-0.39, 0.29) is 5.56 Å². The molecule has 0 bridgehead atoms. The Bertz CT molecular complexity index is 608. The van der Waals surface area contributed by atoms with Crippen molar-refractivity contribution in [1.82, 2.24) is 9.97 Å². The molecule has 0 unspecified atom stereocenters. The Morgan fingerprint density at radius 3 is 2.58 bits per heavy atom. The standard InChI is InChI=1S/C14H16N2O3/c1-3-18-11-6-5-10(9-12(11)19-4-2)13-14(17)16-8-7-15-13/h5-9H,3-4H2,1-2H3,(H,16,17). The zero-order chi connectivity index (χ0) is 13.7. The molecule has 0 amide bonds. The van der Waals surface area contributed by atoms with Crippen LogP contribution in [0.25, 0.3) is 11.3 Å². The predicted octanol–water partition coefficient (Wildman–Crippen LogP) is 2.23. The summed E-state index contributed by atoms with van der Waals surface area (Å²) in [6.45, 7) is 4.90. The summed E-state index contributed by atoms with van der Waals surface area (Å²) >= 11 is 0. The van der Waals surface area contributed by atoms with Crippen LogP contribution in [-0.4, -0.2) is 23.2 Å². The average Bonchev–Trinajstić information content (AvgIpc) is 2.42. The van der Waals surface area contributed by atoms with Crippen LogP contribution < -0.4 is 15.0 Å². The Morgan fingerprint density at radius 2 is 1.89 bits per heavy atom. The number of nitrogens with one attached hydrogen (secondary N) is 1. The number of ether oxygens (including phenoxy) is 2. The highest BCUT2D eigenvalue weighted by molar-refractivity contribution is 5.63. The Balaban J connectivity index is 2.46. The topological polar surface area (TPSA) is 64.2 Å². The molecule has 2 aromatic rings. The molecule has 5 nitrogen and oxygen atoms in total. The van der Waals surface area contributed by atoms with Gasteiger partial charge >= 0.3 is 0 Å². The molecule has 0 fully saturated rings. The van der Waals surface area contributed by atoms with Crippen molar-refractivity contribution in [3.63, 3.8) is 0 Å². The van der Waals surface area contributed by atoms with Crippen molar-refractivity contribution < 1.29 is 9.47 Å². The van der Waals surface area contributed by atoms with Gasteiger partial charge in [0.05, 0.1) is 13.2 Å². The average molecular weight is 260 g/mol. The summed E-state index contributed by atoms with van der Waals surface area (Å²) in [6.07, 6.45) is 3.05. The molecule has 1 heterocycles. The molecular weight excluding hydrogens is 244 g/mol. The molecule has 5 heteroatoms. The highest BCUT2D eigenvalue weighted by atomic mass is 16.5. The van der Waals surface area contributed by atoms with Crippen molar-refractivity contribution in [2.75, 3.05) is 13.2 Å². The van der Waals surface area contributed by atoms with Crippen LogP contribution in [0.3, 0.4) is 0 Å². The predicted molar refractivity (Wildman–Crippen MR) is 72.6 cm³/mol. The number of H-pyrrole nitrogens is 1. The van der Waals surface area contributed by atoms with Crippen LogP contribution in [0, 0.1) is 0 Å². The van der Waals surface area contributed by atoms with E-state index >= 15 is 0 Å². The fraction of sp³-hybridized carbons (Fsp3) is 0.286. The van der Waals surface area contributed by atoms with Gasteiger partial charge in [0, 0.05) is 18.0 Å². The Labute approximate surface area is 111 Å². The number of hydrogen-bond donors (Lipinski definition) is 1. The summed E-state index contributed by atoms with van der Waals surface area (Å²) in [5.74, 6) is 1.28. The Kier molecular flexibility index (Phi) is 4.18. The first-order valence-corrected chi connectivity index (χ1v) is 6.20. The molecule has 1 aromatic carbocycles. The summed E-state index contributed by atoms with van der Waals surface area (Å²) in [5.41, 5.74) is 0.842. The van der Waals surface area contributed by atoms with Crippen molar-refractivity contribution >= 4 is 0 Å². The number of benzene rings is 1. The lowest BCUT2D eigenvalue weighted by atomic mass is 10.1. The van der Waals surface area contributed by atoms with Crippen molar-refractivity contribution in [1.29, 1.82) is 0 Å². The summed E-state index contributed by atoms with van der Waals surface area (Å²) in [4.78, 5) is 18.4. The third kappa shape index (κ3) is 2.93. The molecule has 1 aromatic heterocycles. The number of aromatic amines is 1. The second kappa shape index (κ2) is 6.04. The molecule has 0 saturated carbocycles. The van der Waals surface area contributed by atoms with E-state index in [0.29, 0.717) is 36.0 Å². The minimum atomic E-state index is -0.228. The van der Waals surface area contributed by atoms with Crippen LogP contribution in [0.5, 0.6) is 11.5 Å². The third-order valence-electron chi connectivity index (χ3n) is 2.52. The maximum Gasteiger partial charge on any atom is 0.274 e. The highest BCUT2D eigenvalue weighted by Gasteiger charge is 2.10. The lowest BCUT2D eigenvalue weighted by molar-refractivity contribution is 0.288. The van der Waals surface area contributed by atoms with E-state index in [1.54, 1.807) is 24.4 Å². The number of nitrogens with zero attached hydrogens (tertiary/aromatic N) is 1. The van der Waals surface area contributed by atoms with Crippen LogP contribution in [-0.2, 0) is 0 Å². The van der Waals surface area contributed by atoms with Gasteiger partial charge in [-0.1, -0.05) is 0 Å². The molecule has 0 radical (unpaired) electrons. The minimum Gasteiger partial charge on any atom is -0.490 e. The van der Waals surface area contributed by atoms with Crippen molar-refractivity contribution in [2.24, 2.45) is 0 Å². The quantitative estimate of drug-likeness (QED) is 0.895. The van der Waals surface area contributed by atoms with Crippen LogP contribution in [0.2, 0.25) is 0 Å². The maximum absolute atomic E-state index is 11.7. The van der Waals surface area contributed by atoms with E-state index in [1.165, 1.54) is 6.20 Å². The molecule has 19 heavy (non-hydrogen) atoms. The van der Waals surface area contributed by atoms with E-state index in [0.717, 1.165) is 0 Å². The zero-order valence-corrected chi connectivity index (χ0v) is 11.0. The summed E-state index contributed by atoms with van der Waals surface area (Å²) in [6, 6.07) is 5.36. The molecule has 100 valence electrons. The van der Waals surface area contributed by atoms with Crippen LogP contribution in [0.15, 0.2) is 35.4 Å². The van der Waals surface area contributed by atoms with Crippen LogP contribution >= 0.6 is 0 Å². The lowest BCUT2D eigenvalue weighted by Gasteiger charge is -2.11. The van der Waals surface area contributed by atoms with Crippen molar-refractivity contribution in [3.8, 4) is 22.8 Å². The monoisotopic (exact) mass is 260 g/mol. The fourth-order valence-corrected chi connectivity index (χ4v) is 1.76. The second-order valence-electron chi connectivity index (χ2n) is 3.79. The normalized spacial score (nSPS) is 10.2. The molecule has 2 rings (SSSR count). The molecule has 0 aliphatic carbocycles. The minimum absolute atomic E-state index is 0.228. The van der Waals surface area contributed by atoms with Gasteiger partial charge in [0.15, 0.2) is 11.5 Å². The van der Waals surface area contributed by atoms with Gasteiger partial charge in [-0.15, -0.1) is 0 Å². The molecule has 0 atom stereocenters. The first kappa shape index (κ1) is 13.1. The highest BCUT2D eigenvalue weighted by Crippen LogP contribution is 2.31.